The van der Waals surface area contributed by atoms with Crippen LogP contribution in [-0.4, -0.2) is 47.2 Å². The summed E-state index contributed by atoms with van der Waals surface area (Å²) in [5.74, 6) is 0.628. The summed E-state index contributed by atoms with van der Waals surface area (Å²) in [6.07, 6.45) is 2.88. The van der Waals surface area contributed by atoms with Crippen LogP contribution in [-0.2, 0) is 41.9 Å². The quantitative estimate of drug-likeness (QED) is 0.647. The summed E-state index contributed by atoms with van der Waals surface area (Å²) in [5, 5.41) is 10.5. The number of ether oxygens (including phenoxy) is 2. The van der Waals surface area contributed by atoms with E-state index in [1.165, 1.54) is 5.56 Å². The van der Waals surface area contributed by atoms with E-state index >= 15 is 0 Å². The van der Waals surface area contributed by atoms with Gasteiger partial charge in [0.15, 0.2) is 11.5 Å². The lowest BCUT2D eigenvalue weighted by atomic mass is 9.84. The van der Waals surface area contributed by atoms with Gasteiger partial charge in [0.05, 0.1) is 14.2 Å². The van der Waals surface area contributed by atoms with E-state index in [1.807, 2.05) is 45.9 Å². The maximum Gasteiger partial charge on any atom is 0.323 e. The smallest absolute Gasteiger partial charge is 0.323 e. The summed E-state index contributed by atoms with van der Waals surface area (Å²) in [6.45, 7) is 1.20. The first-order valence-corrected chi connectivity index (χ1v) is 11.3. The number of aromatic nitrogens is 1. The number of hydrogen-bond donors (Lipinski definition) is 1. The van der Waals surface area contributed by atoms with Crippen molar-refractivity contribution in [1.82, 2.24) is 9.47 Å². The van der Waals surface area contributed by atoms with Gasteiger partial charge in [0.1, 0.15) is 6.54 Å². The number of nitrogens with zero attached hydrogens (tertiary/aromatic N) is 2. The van der Waals surface area contributed by atoms with Crippen molar-refractivity contribution < 1.29 is 24.2 Å². The second-order valence-corrected chi connectivity index (χ2v) is 8.85. The number of benzene rings is 2. The highest BCUT2D eigenvalue weighted by Gasteiger charge is 2.33. The summed E-state index contributed by atoms with van der Waals surface area (Å²) in [5.41, 5.74) is 5.41. The summed E-state index contributed by atoms with van der Waals surface area (Å²) >= 11 is 0. The minimum Gasteiger partial charge on any atom is -0.493 e. The topological polar surface area (TPSA) is 81.0 Å². The molecule has 0 bridgehead atoms. The van der Waals surface area contributed by atoms with Crippen LogP contribution in [0.3, 0.4) is 0 Å². The van der Waals surface area contributed by atoms with Gasteiger partial charge < -0.3 is 24.0 Å². The molecule has 2 aliphatic rings. The number of carbonyl (C=O) groups is 2. The van der Waals surface area contributed by atoms with Gasteiger partial charge in [0, 0.05) is 35.6 Å². The van der Waals surface area contributed by atoms with Crippen LogP contribution in [0.2, 0.25) is 0 Å². The van der Waals surface area contributed by atoms with Crippen molar-refractivity contribution in [2.45, 2.75) is 38.8 Å². The monoisotopic (exact) mass is 448 g/mol. The molecule has 1 aliphatic heterocycles. The third-order valence-corrected chi connectivity index (χ3v) is 7.05. The number of carboxylic acids is 1. The Labute approximate surface area is 192 Å². The molecule has 7 nitrogen and oxygen atoms in total. The normalized spacial score (nSPS) is 17.4. The molecule has 2 heterocycles. The first-order chi connectivity index (χ1) is 16.0. The summed E-state index contributed by atoms with van der Waals surface area (Å²) < 4.78 is 12.8. The molecule has 1 N–H and O–H groups in total. The Morgan fingerprint density at radius 3 is 2.52 bits per heavy atom. The zero-order valence-electron chi connectivity index (χ0n) is 19.0. The van der Waals surface area contributed by atoms with Gasteiger partial charge in [-0.3, -0.25) is 9.59 Å². The summed E-state index contributed by atoms with van der Waals surface area (Å²) in [6, 6.07) is 11.9. The molecule has 7 heteroatoms. The highest BCUT2D eigenvalue weighted by atomic mass is 16.5. The van der Waals surface area contributed by atoms with Crippen molar-refractivity contribution in [3.8, 4) is 11.5 Å². The Morgan fingerprint density at radius 1 is 1.06 bits per heavy atom. The number of rotatable bonds is 5. The molecule has 1 amide bonds. The van der Waals surface area contributed by atoms with E-state index in [1.54, 1.807) is 14.2 Å². The Kier molecular flexibility index (Phi) is 5.48. The number of fused-ring (bicyclic) bond motifs is 4. The van der Waals surface area contributed by atoms with Crippen LogP contribution < -0.4 is 9.47 Å². The van der Waals surface area contributed by atoms with Crippen molar-refractivity contribution in [2.24, 2.45) is 5.92 Å². The summed E-state index contributed by atoms with van der Waals surface area (Å²) in [7, 11) is 3.25. The molecule has 0 radical (unpaired) electrons. The lowest BCUT2D eigenvalue weighted by Crippen LogP contribution is -2.41. The minimum absolute atomic E-state index is 0.0529. The van der Waals surface area contributed by atoms with Crippen LogP contribution in [0.25, 0.3) is 10.9 Å². The van der Waals surface area contributed by atoms with Crippen LogP contribution in [0.15, 0.2) is 36.4 Å². The molecule has 0 fully saturated rings. The largest absolute Gasteiger partial charge is 0.493 e. The third kappa shape index (κ3) is 3.71. The van der Waals surface area contributed by atoms with Gasteiger partial charge in [-0.05, 0) is 60.6 Å². The molecule has 1 aromatic heterocycles. The highest BCUT2D eigenvalue weighted by molar-refractivity contribution is 5.89. The molecule has 0 saturated carbocycles. The van der Waals surface area contributed by atoms with Gasteiger partial charge in [-0.2, -0.15) is 0 Å². The summed E-state index contributed by atoms with van der Waals surface area (Å²) in [4.78, 5) is 27.0. The number of carbonyl (C=O) groups excluding carboxylic acids is 1. The fraction of sp³-hybridized carbons (Fsp3) is 0.385. The maximum atomic E-state index is 13.5. The fourth-order valence-corrected chi connectivity index (χ4v) is 5.46. The number of methoxy groups -OCH3 is 2. The van der Waals surface area contributed by atoms with Crippen LogP contribution in [0.1, 0.15) is 28.8 Å². The lowest BCUT2D eigenvalue weighted by Gasteiger charge is -2.33. The van der Waals surface area contributed by atoms with Gasteiger partial charge >= 0.3 is 5.97 Å². The Bertz CT molecular complexity index is 1250. The van der Waals surface area contributed by atoms with E-state index < -0.39 is 5.97 Å². The first-order valence-electron chi connectivity index (χ1n) is 11.3. The number of hydrogen-bond acceptors (Lipinski definition) is 4. The highest BCUT2D eigenvalue weighted by Crippen LogP contribution is 2.37. The average Bonchev–Trinajstić information content (AvgIpc) is 3.14. The van der Waals surface area contributed by atoms with E-state index in [-0.39, 0.29) is 18.4 Å². The Balaban J connectivity index is 1.40. The second kappa shape index (κ2) is 8.46. The Hall–Kier alpha value is -3.48. The molecule has 5 rings (SSSR count). The number of carboxylic acid groups (broad SMARTS) is 1. The predicted octanol–water partition coefficient (Wildman–Crippen LogP) is 3.43. The number of para-hydroxylation sites is 1. The van der Waals surface area contributed by atoms with E-state index in [0.717, 1.165) is 40.6 Å². The zero-order chi connectivity index (χ0) is 23.1. The molecule has 33 heavy (non-hydrogen) atoms. The molecule has 2 aromatic carbocycles. The van der Waals surface area contributed by atoms with Gasteiger partial charge in [-0.25, -0.2) is 0 Å². The van der Waals surface area contributed by atoms with Crippen LogP contribution in [0.4, 0.5) is 0 Å². The van der Waals surface area contributed by atoms with E-state index in [2.05, 4.69) is 0 Å². The van der Waals surface area contributed by atoms with Gasteiger partial charge in [0.2, 0.25) is 5.91 Å². The predicted molar refractivity (Wildman–Crippen MR) is 124 cm³/mol. The van der Waals surface area contributed by atoms with Gasteiger partial charge in [0.25, 0.3) is 0 Å². The van der Waals surface area contributed by atoms with Crippen molar-refractivity contribution in [2.75, 3.05) is 20.8 Å². The van der Waals surface area contributed by atoms with E-state index in [0.29, 0.717) is 37.4 Å². The van der Waals surface area contributed by atoms with Crippen molar-refractivity contribution in [1.29, 1.82) is 0 Å². The molecule has 3 aromatic rings. The molecule has 1 atom stereocenters. The van der Waals surface area contributed by atoms with Crippen molar-refractivity contribution in [3.63, 3.8) is 0 Å². The SMILES string of the molecule is COc1cc2c(cc1OC)CN(C(=O)C1CCc3c(c4ccccc4n3CC(=O)O)C1)CC2. The molecule has 1 aliphatic carbocycles. The third-order valence-electron chi connectivity index (χ3n) is 7.05. The van der Waals surface area contributed by atoms with Crippen LogP contribution in [0.5, 0.6) is 11.5 Å². The molecule has 1 unspecified atom stereocenters. The van der Waals surface area contributed by atoms with Crippen molar-refractivity contribution >= 4 is 22.8 Å². The molecular weight excluding hydrogens is 420 g/mol. The van der Waals surface area contributed by atoms with Gasteiger partial charge in [-0.15, -0.1) is 0 Å². The van der Waals surface area contributed by atoms with Gasteiger partial charge in [-0.1, -0.05) is 18.2 Å². The van der Waals surface area contributed by atoms with Crippen molar-refractivity contribution in [3.05, 3.63) is 58.8 Å². The standard InChI is InChI=1S/C26H28N2O5/c1-32-23-12-16-9-10-27(14-18(16)13-24(23)33-2)26(31)17-7-8-22-20(11-17)19-5-3-4-6-21(19)28(22)15-25(29)30/h3-6,12-13,17H,7-11,14-15H2,1-2H3,(H,29,30). The number of aliphatic carboxylic acids is 1. The zero-order valence-corrected chi connectivity index (χ0v) is 19.0. The number of amides is 1. The van der Waals surface area contributed by atoms with Crippen LogP contribution in [0, 0.1) is 5.92 Å². The first kappa shape index (κ1) is 21.4. The lowest BCUT2D eigenvalue weighted by molar-refractivity contribution is -0.138. The molecule has 0 saturated heterocycles. The fourth-order valence-electron chi connectivity index (χ4n) is 5.46. The van der Waals surface area contributed by atoms with E-state index in [4.69, 9.17) is 9.47 Å². The second-order valence-electron chi connectivity index (χ2n) is 8.85. The average molecular weight is 449 g/mol. The minimum atomic E-state index is -0.851. The Morgan fingerprint density at radius 2 is 1.79 bits per heavy atom. The van der Waals surface area contributed by atoms with E-state index in [9.17, 15) is 14.7 Å². The maximum absolute atomic E-state index is 13.5. The molecule has 0 spiro atoms. The molecular formula is C26H28N2O5. The van der Waals surface area contributed by atoms with Crippen LogP contribution >= 0.6 is 0 Å². The molecule has 172 valence electrons.